The maximum Gasteiger partial charge on any atom is 0.183 e. The Balaban J connectivity index is 1.84. The summed E-state index contributed by atoms with van der Waals surface area (Å²) in [6.45, 7) is 5.43. The quantitative estimate of drug-likeness (QED) is 0.768. The maximum atomic E-state index is 13.0. The molecule has 4 heteroatoms. The minimum absolute atomic E-state index is 0.226. The molecule has 0 radical (unpaired) electrons. The van der Waals surface area contributed by atoms with Crippen LogP contribution in [0.4, 0.5) is 9.52 Å². The summed E-state index contributed by atoms with van der Waals surface area (Å²) in [4.78, 5) is 4.37. The van der Waals surface area contributed by atoms with Gasteiger partial charge >= 0.3 is 0 Å². The van der Waals surface area contributed by atoms with Crippen molar-refractivity contribution in [2.45, 2.75) is 33.1 Å². The van der Waals surface area contributed by atoms with E-state index in [-0.39, 0.29) is 5.82 Å². The van der Waals surface area contributed by atoms with Gasteiger partial charge in [-0.2, -0.15) is 0 Å². The van der Waals surface area contributed by atoms with Crippen LogP contribution in [-0.4, -0.2) is 11.5 Å². The zero-order chi connectivity index (χ0) is 13.0. The zero-order valence-electron chi connectivity index (χ0n) is 10.9. The van der Waals surface area contributed by atoms with Gasteiger partial charge in [0.15, 0.2) is 5.13 Å². The van der Waals surface area contributed by atoms with Gasteiger partial charge in [-0.15, -0.1) is 0 Å². The van der Waals surface area contributed by atoms with Crippen LogP contribution in [-0.2, 0) is 0 Å². The number of nitrogens with zero attached hydrogens (tertiary/aromatic N) is 1. The van der Waals surface area contributed by atoms with Crippen LogP contribution < -0.4 is 5.32 Å². The van der Waals surface area contributed by atoms with Gasteiger partial charge in [-0.25, -0.2) is 9.37 Å². The van der Waals surface area contributed by atoms with Crippen molar-refractivity contribution in [3.05, 3.63) is 24.0 Å². The van der Waals surface area contributed by atoms with Crippen LogP contribution in [0.5, 0.6) is 0 Å². The minimum Gasteiger partial charge on any atom is -0.361 e. The van der Waals surface area contributed by atoms with E-state index >= 15 is 0 Å². The summed E-state index contributed by atoms with van der Waals surface area (Å²) in [5.74, 6) is 0.548. The standard InChI is InChI=1S/C14H19FN2S/c1-10(2)5-3-4-8-16-14-17-12-9-11(15)6-7-13(12)18-14/h6-7,9-10H,3-5,8H2,1-2H3,(H,16,17). The molecule has 0 bridgehead atoms. The molecule has 1 heterocycles. The minimum atomic E-state index is -0.226. The average Bonchev–Trinajstić information content (AvgIpc) is 2.70. The molecule has 0 spiro atoms. The topological polar surface area (TPSA) is 24.9 Å². The molecule has 2 nitrogen and oxygen atoms in total. The number of aromatic nitrogens is 1. The summed E-state index contributed by atoms with van der Waals surface area (Å²) in [6.07, 6.45) is 3.67. The zero-order valence-corrected chi connectivity index (χ0v) is 11.7. The van der Waals surface area contributed by atoms with E-state index in [9.17, 15) is 4.39 Å². The van der Waals surface area contributed by atoms with Crippen molar-refractivity contribution in [1.82, 2.24) is 4.98 Å². The molecule has 1 aromatic carbocycles. The first-order valence-corrected chi connectivity index (χ1v) is 7.27. The van der Waals surface area contributed by atoms with E-state index < -0.39 is 0 Å². The number of unbranched alkanes of at least 4 members (excludes halogenated alkanes) is 1. The maximum absolute atomic E-state index is 13.0. The molecule has 0 saturated heterocycles. The van der Waals surface area contributed by atoms with E-state index in [4.69, 9.17) is 0 Å². The second kappa shape index (κ2) is 6.14. The van der Waals surface area contributed by atoms with E-state index in [2.05, 4.69) is 24.1 Å². The molecule has 18 heavy (non-hydrogen) atoms. The lowest BCUT2D eigenvalue weighted by Gasteiger charge is -2.04. The highest BCUT2D eigenvalue weighted by Crippen LogP contribution is 2.26. The number of hydrogen-bond acceptors (Lipinski definition) is 3. The Morgan fingerprint density at radius 3 is 2.94 bits per heavy atom. The van der Waals surface area contributed by atoms with Gasteiger partial charge in [-0.05, 0) is 24.5 Å². The number of rotatable bonds is 6. The van der Waals surface area contributed by atoms with Crippen molar-refractivity contribution in [3.8, 4) is 0 Å². The largest absolute Gasteiger partial charge is 0.361 e. The second-order valence-electron chi connectivity index (χ2n) is 4.95. The molecule has 2 aromatic rings. The number of halogens is 1. The Morgan fingerprint density at radius 2 is 2.17 bits per heavy atom. The van der Waals surface area contributed by atoms with Crippen LogP contribution >= 0.6 is 11.3 Å². The van der Waals surface area contributed by atoms with Gasteiger partial charge in [0.2, 0.25) is 0 Å². The van der Waals surface area contributed by atoms with Gasteiger partial charge in [0, 0.05) is 12.6 Å². The number of hydrogen-bond donors (Lipinski definition) is 1. The van der Waals surface area contributed by atoms with E-state index in [1.54, 1.807) is 17.4 Å². The number of fused-ring (bicyclic) bond motifs is 1. The highest BCUT2D eigenvalue weighted by atomic mass is 32.1. The molecular weight excluding hydrogens is 247 g/mol. The van der Waals surface area contributed by atoms with Crippen molar-refractivity contribution < 1.29 is 4.39 Å². The molecule has 0 aliphatic rings. The summed E-state index contributed by atoms with van der Waals surface area (Å²) in [5, 5.41) is 4.20. The molecule has 0 atom stereocenters. The number of thiazole rings is 1. The Kier molecular flexibility index (Phi) is 4.53. The third-order valence-corrected chi connectivity index (χ3v) is 3.83. The van der Waals surface area contributed by atoms with Gasteiger partial charge in [0.1, 0.15) is 5.82 Å². The van der Waals surface area contributed by atoms with Crippen LogP contribution in [0.25, 0.3) is 10.2 Å². The predicted octanol–water partition coefficient (Wildman–Crippen LogP) is 4.67. The van der Waals surface area contributed by atoms with Crippen molar-refractivity contribution in [3.63, 3.8) is 0 Å². The Bertz CT molecular complexity index is 507. The highest BCUT2D eigenvalue weighted by Gasteiger charge is 2.04. The first kappa shape index (κ1) is 13.3. The Hall–Kier alpha value is -1.16. The summed E-state index contributed by atoms with van der Waals surface area (Å²) < 4.78 is 14.0. The van der Waals surface area contributed by atoms with E-state index in [1.807, 2.05) is 0 Å². The van der Waals surface area contributed by atoms with Crippen LogP contribution in [0.1, 0.15) is 33.1 Å². The molecule has 0 amide bonds. The molecule has 2 rings (SSSR count). The van der Waals surface area contributed by atoms with Gasteiger partial charge in [0.05, 0.1) is 10.2 Å². The fraction of sp³-hybridized carbons (Fsp3) is 0.500. The molecule has 0 saturated carbocycles. The van der Waals surface area contributed by atoms with Crippen LogP contribution in [0.2, 0.25) is 0 Å². The first-order valence-electron chi connectivity index (χ1n) is 6.45. The smallest absolute Gasteiger partial charge is 0.183 e. The van der Waals surface area contributed by atoms with Crippen molar-refractivity contribution >= 4 is 26.7 Å². The normalized spacial score (nSPS) is 11.3. The molecule has 1 N–H and O–H groups in total. The SMILES string of the molecule is CC(C)CCCCNc1nc2cc(F)ccc2s1. The predicted molar refractivity (Wildman–Crippen MR) is 76.8 cm³/mol. The second-order valence-corrected chi connectivity index (χ2v) is 5.98. The lowest BCUT2D eigenvalue weighted by molar-refractivity contribution is 0.545. The molecule has 1 aromatic heterocycles. The molecular formula is C14H19FN2S. The molecule has 0 aliphatic heterocycles. The van der Waals surface area contributed by atoms with Crippen molar-refractivity contribution in [2.75, 3.05) is 11.9 Å². The van der Waals surface area contributed by atoms with Crippen molar-refractivity contribution in [2.24, 2.45) is 5.92 Å². The Labute approximate surface area is 111 Å². The summed E-state index contributed by atoms with van der Waals surface area (Å²) >= 11 is 1.58. The van der Waals surface area contributed by atoms with E-state index in [0.29, 0.717) is 0 Å². The lowest BCUT2D eigenvalue weighted by atomic mass is 10.1. The fourth-order valence-electron chi connectivity index (χ4n) is 1.85. The fourth-order valence-corrected chi connectivity index (χ4v) is 2.72. The summed E-state index contributed by atoms with van der Waals surface area (Å²) in [7, 11) is 0. The van der Waals surface area contributed by atoms with Crippen molar-refractivity contribution in [1.29, 1.82) is 0 Å². The molecule has 0 fully saturated rings. The number of anilines is 1. The number of nitrogens with one attached hydrogen (secondary N) is 1. The molecule has 98 valence electrons. The monoisotopic (exact) mass is 266 g/mol. The van der Waals surface area contributed by atoms with E-state index in [0.717, 1.165) is 34.2 Å². The summed E-state index contributed by atoms with van der Waals surface area (Å²) in [5.41, 5.74) is 0.740. The first-order chi connectivity index (χ1) is 8.65. The third kappa shape index (κ3) is 3.67. The Morgan fingerprint density at radius 1 is 1.33 bits per heavy atom. The van der Waals surface area contributed by atoms with Gasteiger partial charge < -0.3 is 5.32 Å². The number of benzene rings is 1. The third-order valence-electron chi connectivity index (χ3n) is 2.83. The van der Waals surface area contributed by atoms with Crippen LogP contribution in [0.15, 0.2) is 18.2 Å². The van der Waals surface area contributed by atoms with Gasteiger partial charge in [-0.3, -0.25) is 0 Å². The average molecular weight is 266 g/mol. The molecule has 0 unspecified atom stereocenters. The molecule has 0 aliphatic carbocycles. The lowest BCUT2D eigenvalue weighted by Crippen LogP contribution is -2.01. The van der Waals surface area contributed by atoms with Crippen LogP contribution in [0.3, 0.4) is 0 Å². The van der Waals surface area contributed by atoms with Gasteiger partial charge in [0.25, 0.3) is 0 Å². The van der Waals surface area contributed by atoms with E-state index in [1.165, 1.54) is 25.0 Å². The summed E-state index contributed by atoms with van der Waals surface area (Å²) in [6, 6.07) is 4.75. The van der Waals surface area contributed by atoms with Crippen LogP contribution in [0, 0.1) is 11.7 Å². The highest BCUT2D eigenvalue weighted by molar-refractivity contribution is 7.22. The van der Waals surface area contributed by atoms with Gasteiger partial charge in [-0.1, -0.05) is 38.0 Å².